The van der Waals surface area contributed by atoms with Gasteiger partial charge in [0, 0.05) is 30.8 Å². The van der Waals surface area contributed by atoms with E-state index < -0.39 is 10.9 Å². The summed E-state index contributed by atoms with van der Waals surface area (Å²) in [5.74, 6) is -0.660. The third-order valence-electron chi connectivity index (χ3n) is 4.00. The van der Waals surface area contributed by atoms with E-state index in [1.54, 1.807) is 4.90 Å². The molecule has 23 heavy (non-hydrogen) atoms. The van der Waals surface area contributed by atoms with Crippen LogP contribution in [0.3, 0.4) is 0 Å². The quantitative estimate of drug-likeness (QED) is 0.664. The van der Waals surface area contributed by atoms with Crippen LogP contribution in [-0.4, -0.2) is 39.9 Å². The monoisotopic (exact) mass is 320 g/mol. The van der Waals surface area contributed by atoms with Crippen molar-refractivity contribution < 1.29 is 19.6 Å². The average molecular weight is 320 g/mol. The number of rotatable bonds is 5. The van der Waals surface area contributed by atoms with E-state index in [2.05, 4.69) is 13.8 Å². The molecule has 1 N–H and O–H groups in total. The normalized spacial score (nSPS) is 17.5. The molecule has 1 aliphatic rings. The van der Waals surface area contributed by atoms with Gasteiger partial charge in [-0.05, 0) is 30.7 Å². The Labute approximate surface area is 134 Å². The molecule has 7 nitrogen and oxygen atoms in total. The molecule has 1 aliphatic heterocycles. The highest BCUT2D eigenvalue weighted by Gasteiger charge is 2.28. The zero-order chi connectivity index (χ0) is 17.1. The number of amides is 1. The summed E-state index contributed by atoms with van der Waals surface area (Å²) in [5, 5.41) is 20.0. The summed E-state index contributed by atoms with van der Waals surface area (Å²) >= 11 is 0. The minimum Gasteiger partial charge on any atom is -0.478 e. The summed E-state index contributed by atoms with van der Waals surface area (Å²) in [5.41, 5.74) is -0.576. The second-order valence-corrected chi connectivity index (χ2v) is 6.37. The van der Waals surface area contributed by atoms with Gasteiger partial charge in [-0.25, -0.2) is 4.79 Å². The van der Waals surface area contributed by atoms with Gasteiger partial charge in [0.2, 0.25) is 0 Å². The van der Waals surface area contributed by atoms with E-state index in [1.807, 2.05) is 0 Å². The van der Waals surface area contributed by atoms with E-state index in [-0.39, 0.29) is 22.7 Å². The third-order valence-corrected chi connectivity index (χ3v) is 4.00. The number of aromatic carboxylic acids is 1. The number of likely N-dealkylation sites (tertiary alicyclic amines) is 1. The van der Waals surface area contributed by atoms with Crippen LogP contribution in [0.2, 0.25) is 0 Å². The lowest BCUT2D eigenvalue weighted by Gasteiger charge is -2.17. The van der Waals surface area contributed by atoms with Crippen LogP contribution in [0, 0.1) is 22.0 Å². The largest absolute Gasteiger partial charge is 0.478 e. The van der Waals surface area contributed by atoms with Crippen LogP contribution in [0.5, 0.6) is 0 Å². The molecule has 1 unspecified atom stereocenters. The van der Waals surface area contributed by atoms with E-state index >= 15 is 0 Å². The number of hydrogen-bond acceptors (Lipinski definition) is 4. The molecular formula is C16H20N2O5. The SMILES string of the molecule is CC(C)CC1CCN(C(=O)c2cc(C(=O)O)cc([N+](=O)[O-])c2)C1. The van der Waals surface area contributed by atoms with Gasteiger partial charge in [0.15, 0.2) is 0 Å². The molecule has 1 fully saturated rings. The van der Waals surface area contributed by atoms with E-state index in [1.165, 1.54) is 6.07 Å². The summed E-state index contributed by atoms with van der Waals surface area (Å²) in [6.45, 7) is 5.47. The van der Waals surface area contributed by atoms with E-state index in [4.69, 9.17) is 5.11 Å². The summed E-state index contributed by atoms with van der Waals surface area (Å²) < 4.78 is 0. The maximum Gasteiger partial charge on any atom is 0.335 e. The molecule has 0 aromatic heterocycles. The van der Waals surface area contributed by atoms with Gasteiger partial charge in [-0.1, -0.05) is 13.8 Å². The van der Waals surface area contributed by atoms with Gasteiger partial charge in [0.1, 0.15) is 0 Å². The number of carbonyl (C=O) groups excluding carboxylic acids is 1. The highest BCUT2D eigenvalue weighted by Crippen LogP contribution is 2.26. The Bertz CT molecular complexity index is 609. The van der Waals surface area contributed by atoms with Gasteiger partial charge >= 0.3 is 5.97 Å². The summed E-state index contributed by atoms with van der Waals surface area (Å²) in [7, 11) is 0. The number of nitro groups is 1. The summed E-state index contributed by atoms with van der Waals surface area (Å²) in [4.78, 5) is 35.5. The first-order valence-corrected chi connectivity index (χ1v) is 7.60. The molecule has 1 aromatic carbocycles. The van der Waals surface area contributed by atoms with Crippen molar-refractivity contribution >= 4 is 17.6 Å². The van der Waals surface area contributed by atoms with Gasteiger partial charge in [-0.3, -0.25) is 14.9 Å². The smallest absolute Gasteiger partial charge is 0.335 e. The van der Waals surface area contributed by atoms with Gasteiger partial charge in [0.25, 0.3) is 11.6 Å². The van der Waals surface area contributed by atoms with Crippen molar-refractivity contribution in [2.75, 3.05) is 13.1 Å². The second-order valence-electron chi connectivity index (χ2n) is 6.37. The van der Waals surface area contributed by atoms with Gasteiger partial charge in [-0.2, -0.15) is 0 Å². The Balaban J connectivity index is 2.22. The molecule has 1 atom stereocenters. The molecule has 0 radical (unpaired) electrons. The molecule has 1 saturated heterocycles. The number of benzene rings is 1. The number of carboxylic acids is 1. The Morgan fingerprint density at radius 2 is 2.00 bits per heavy atom. The predicted octanol–water partition coefficient (Wildman–Crippen LogP) is 2.80. The second kappa shape index (κ2) is 6.76. The lowest BCUT2D eigenvalue weighted by atomic mass is 9.97. The molecular weight excluding hydrogens is 300 g/mol. The fraction of sp³-hybridized carbons (Fsp3) is 0.500. The molecule has 0 saturated carbocycles. The van der Waals surface area contributed by atoms with E-state index in [0.717, 1.165) is 25.0 Å². The van der Waals surface area contributed by atoms with Crippen molar-refractivity contribution in [3.05, 3.63) is 39.4 Å². The topological polar surface area (TPSA) is 101 Å². The highest BCUT2D eigenvalue weighted by molar-refractivity contribution is 5.98. The summed E-state index contributed by atoms with van der Waals surface area (Å²) in [6, 6.07) is 3.31. The fourth-order valence-electron chi connectivity index (χ4n) is 3.02. The van der Waals surface area contributed by atoms with Crippen LogP contribution in [0.25, 0.3) is 0 Å². The minimum atomic E-state index is -1.29. The first kappa shape index (κ1) is 16.9. The molecule has 0 bridgehead atoms. The molecule has 1 heterocycles. The van der Waals surface area contributed by atoms with Crippen molar-refractivity contribution in [1.29, 1.82) is 0 Å². The van der Waals surface area contributed by atoms with Crippen LogP contribution in [0.4, 0.5) is 5.69 Å². The first-order valence-electron chi connectivity index (χ1n) is 7.60. The Hall–Kier alpha value is -2.44. The van der Waals surface area contributed by atoms with Crippen LogP contribution >= 0.6 is 0 Å². The zero-order valence-electron chi connectivity index (χ0n) is 13.2. The van der Waals surface area contributed by atoms with Crippen molar-refractivity contribution in [2.45, 2.75) is 26.7 Å². The Morgan fingerprint density at radius 1 is 1.35 bits per heavy atom. The highest BCUT2D eigenvalue weighted by atomic mass is 16.6. The number of non-ortho nitro benzene ring substituents is 1. The molecule has 1 aromatic rings. The predicted molar refractivity (Wildman–Crippen MR) is 83.5 cm³/mol. The lowest BCUT2D eigenvalue weighted by molar-refractivity contribution is -0.384. The minimum absolute atomic E-state index is 0.0572. The van der Waals surface area contributed by atoms with Crippen LogP contribution < -0.4 is 0 Å². The van der Waals surface area contributed by atoms with Gasteiger partial charge < -0.3 is 10.0 Å². The van der Waals surface area contributed by atoms with Crippen LogP contribution in [0.15, 0.2) is 18.2 Å². The van der Waals surface area contributed by atoms with Crippen molar-refractivity contribution in [3.8, 4) is 0 Å². The molecule has 7 heteroatoms. The van der Waals surface area contributed by atoms with Gasteiger partial charge in [-0.15, -0.1) is 0 Å². The Morgan fingerprint density at radius 3 is 2.57 bits per heavy atom. The third kappa shape index (κ3) is 4.06. The molecule has 124 valence electrons. The molecule has 0 aliphatic carbocycles. The standard InChI is InChI=1S/C16H20N2O5/c1-10(2)5-11-3-4-17(9-11)15(19)12-6-13(16(20)21)8-14(7-12)18(22)23/h6-8,10-11H,3-5,9H2,1-2H3,(H,20,21). The van der Waals surface area contributed by atoms with Crippen molar-refractivity contribution in [2.24, 2.45) is 11.8 Å². The average Bonchev–Trinajstić information content (AvgIpc) is 2.93. The van der Waals surface area contributed by atoms with Crippen molar-refractivity contribution in [1.82, 2.24) is 4.90 Å². The lowest BCUT2D eigenvalue weighted by Crippen LogP contribution is -2.29. The van der Waals surface area contributed by atoms with Crippen molar-refractivity contribution in [3.63, 3.8) is 0 Å². The summed E-state index contributed by atoms with van der Waals surface area (Å²) in [6.07, 6.45) is 1.93. The first-order chi connectivity index (χ1) is 10.8. The van der Waals surface area contributed by atoms with Gasteiger partial charge in [0.05, 0.1) is 10.5 Å². The number of hydrogen-bond donors (Lipinski definition) is 1. The maximum absolute atomic E-state index is 12.5. The number of nitrogens with zero attached hydrogens (tertiary/aromatic N) is 2. The molecule has 1 amide bonds. The van der Waals surface area contributed by atoms with E-state index in [0.29, 0.717) is 24.9 Å². The number of nitro benzene ring substituents is 1. The van der Waals surface area contributed by atoms with Crippen LogP contribution in [-0.2, 0) is 0 Å². The maximum atomic E-state index is 12.5. The zero-order valence-corrected chi connectivity index (χ0v) is 13.2. The Kier molecular flexibility index (Phi) is 4.98. The number of carbonyl (C=O) groups is 2. The van der Waals surface area contributed by atoms with E-state index in [9.17, 15) is 19.7 Å². The number of carboxylic acid groups (broad SMARTS) is 1. The molecule has 2 rings (SSSR count). The fourth-order valence-corrected chi connectivity index (χ4v) is 3.02. The molecule has 0 spiro atoms. The van der Waals surface area contributed by atoms with Crippen LogP contribution in [0.1, 0.15) is 47.4 Å².